The first kappa shape index (κ1) is 15.9. The Kier molecular flexibility index (Phi) is 5.02. The van der Waals surface area contributed by atoms with Crippen molar-refractivity contribution in [2.24, 2.45) is 10.6 Å². The van der Waals surface area contributed by atoms with Crippen molar-refractivity contribution in [3.63, 3.8) is 0 Å². The van der Waals surface area contributed by atoms with Crippen LogP contribution in [0.15, 0.2) is 29.4 Å². The molecule has 0 atom stereocenters. The number of carbonyl (C=O) groups is 2. The van der Waals surface area contributed by atoms with Gasteiger partial charge in [-0.3, -0.25) is 0 Å². The van der Waals surface area contributed by atoms with E-state index in [1.165, 1.54) is 7.11 Å². The molecule has 108 valence electrons. The molecule has 0 saturated heterocycles. The fraction of sp³-hybridized carbons (Fsp3) is 0.400. The zero-order valence-electron chi connectivity index (χ0n) is 12.4. The van der Waals surface area contributed by atoms with Crippen LogP contribution in [0.1, 0.15) is 43.6 Å². The van der Waals surface area contributed by atoms with E-state index in [1.54, 1.807) is 52.0 Å². The molecule has 0 saturated carbocycles. The highest BCUT2D eigenvalue weighted by atomic mass is 16.7. The second kappa shape index (κ2) is 6.32. The van der Waals surface area contributed by atoms with Gasteiger partial charge in [0.25, 0.3) is 0 Å². The minimum atomic E-state index is -0.599. The third-order valence-corrected chi connectivity index (χ3v) is 2.60. The van der Waals surface area contributed by atoms with Crippen molar-refractivity contribution in [3.05, 3.63) is 35.4 Å². The lowest BCUT2D eigenvalue weighted by Gasteiger charge is -2.13. The van der Waals surface area contributed by atoms with Gasteiger partial charge in [0.15, 0.2) is 0 Å². The van der Waals surface area contributed by atoms with Crippen LogP contribution in [0.25, 0.3) is 0 Å². The van der Waals surface area contributed by atoms with Gasteiger partial charge in [-0.15, -0.1) is 0 Å². The molecule has 1 rings (SSSR count). The Morgan fingerprint density at radius 1 is 1.05 bits per heavy atom. The molecule has 0 fully saturated rings. The summed E-state index contributed by atoms with van der Waals surface area (Å²) >= 11 is 0. The molecular weight excluding hydrogens is 258 g/mol. The first-order chi connectivity index (χ1) is 9.25. The smallest absolute Gasteiger partial charge is 0.340 e. The molecule has 0 N–H and O–H groups in total. The van der Waals surface area contributed by atoms with Gasteiger partial charge in [0.05, 0.1) is 23.8 Å². The van der Waals surface area contributed by atoms with Crippen LogP contribution in [0.3, 0.4) is 0 Å². The summed E-state index contributed by atoms with van der Waals surface area (Å²) in [6.45, 7) is 6.99. The van der Waals surface area contributed by atoms with Crippen molar-refractivity contribution in [1.82, 2.24) is 0 Å². The lowest BCUT2D eigenvalue weighted by Crippen LogP contribution is -2.21. The van der Waals surface area contributed by atoms with E-state index in [4.69, 9.17) is 4.84 Å². The van der Waals surface area contributed by atoms with Gasteiger partial charge < -0.3 is 9.57 Å². The third-order valence-electron chi connectivity index (χ3n) is 2.60. The Labute approximate surface area is 118 Å². The molecule has 0 radical (unpaired) electrons. The van der Waals surface area contributed by atoms with Gasteiger partial charge in [-0.25, -0.2) is 9.59 Å². The van der Waals surface area contributed by atoms with E-state index in [0.717, 1.165) is 5.56 Å². The average molecular weight is 277 g/mol. The fourth-order valence-corrected chi connectivity index (χ4v) is 1.26. The van der Waals surface area contributed by atoms with Crippen LogP contribution in [0, 0.1) is 5.41 Å². The van der Waals surface area contributed by atoms with Gasteiger partial charge >= 0.3 is 11.9 Å². The molecule has 20 heavy (non-hydrogen) atoms. The molecule has 5 nitrogen and oxygen atoms in total. The molecule has 0 bridgehead atoms. The van der Waals surface area contributed by atoms with Crippen molar-refractivity contribution >= 4 is 17.7 Å². The summed E-state index contributed by atoms with van der Waals surface area (Å²) in [5, 5.41) is 3.81. The highest BCUT2D eigenvalue weighted by molar-refractivity contribution is 5.99. The summed E-state index contributed by atoms with van der Waals surface area (Å²) in [5.74, 6) is -0.798. The summed E-state index contributed by atoms with van der Waals surface area (Å²) < 4.78 is 4.61. The molecule has 1 aromatic rings. The van der Waals surface area contributed by atoms with Gasteiger partial charge in [-0.05, 0) is 45.4 Å². The molecular formula is C15H19NO4. The third kappa shape index (κ3) is 4.19. The molecule has 1 aromatic carbocycles. The topological polar surface area (TPSA) is 65.0 Å². The molecule has 0 aliphatic carbocycles. The van der Waals surface area contributed by atoms with E-state index in [9.17, 15) is 9.59 Å². The van der Waals surface area contributed by atoms with Gasteiger partial charge in [-0.2, -0.15) is 0 Å². The molecule has 0 aromatic heterocycles. The summed E-state index contributed by atoms with van der Waals surface area (Å²) in [7, 11) is 1.33. The number of ether oxygens (including phenoxy) is 1. The van der Waals surface area contributed by atoms with Crippen LogP contribution in [-0.4, -0.2) is 24.8 Å². The van der Waals surface area contributed by atoms with Crippen LogP contribution in [0.4, 0.5) is 0 Å². The largest absolute Gasteiger partial charge is 0.465 e. The van der Waals surface area contributed by atoms with E-state index in [2.05, 4.69) is 9.89 Å². The quantitative estimate of drug-likeness (QED) is 0.369. The van der Waals surface area contributed by atoms with Crippen LogP contribution >= 0.6 is 0 Å². The van der Waals surface area contributed by atoms with Crippen molar-refractivity contribution in [1.29, 1.82) is 0 Å². The predicted molar refractivity (Wildman–Crippen MR) is 75.5 cm³/mol. The predicted octanol–water partition coefficient (Wildman–Crippen LogP) is 2.79. The highest BCUT2D eigenvalue weighted by Crippen LogP contribution is 2.15. The zero-order chi connectivity index (χ0) is 15.3. The van der Waals surface area contributed by atoms with Gasteiger partial charge in [0.2, 0.25) is 0 Å². The monoisotopic (exact) mass is 277 g/mol. The maximum absolute atomic E-state index is 11.6. The van der Waals surface area contributed by atoms with Crippen molar-refractivity contribution in [2.45, 2.75) is 27.7 Å². The van der Waals surface area contributed by atoms with Gasteiger partial charge in [0.1, 0.15) is 0 Å². The second-order valence-electron chi connectivity index (χ2n) is 5.37. The lowest BCUT2D eigenvalue weighted by atomic mass is 9.98. The van der Waals surface area contributed by atoms with E-state index < -0.39 is 17.4 Å². The summed E-state index contributed by atoms with van der Waals surface area (Å²) in [4.78, 5) is 27.8. The maximum Gasteiger partial charge on any atom is 0.340 e. The Balaban J connectivity index is 2.80. The standard InChI is InChI=1S/C15H19NO4/c1-10(16-20-14(18)15(2,3)4)11-6-8-12(9-7-11)13(17)19-5/h6-9H,1-5H3/b16-10+. The highest BCUT2D eigenvalue weighted by Gasteiger charge is 2.23. The van der Waals surface area contributed by atoms with Crippen molar-refractivity contribution in [3.8, 4) is 0 Å². The molecule has 0 amide bonds. The Hall–Kier alpha value is -2.17. The number of methoxy groups -OCH3 is 1. The molecule has 0 heterocycles. The second-order valence-corrected chi connectivity index (χ2v) is 5.37. The normalized spacial score (nSPS) is 11.9. The Morgan fingerprint density at radius 2 is 1.55 bits per heavy atom. The number of benzene rings is 1. The van der Waals surface area contributed by atoms with E-state index in [0.29, 0.717) is 11.3 Å². The first-order valence-corrected chi connectivity index (χ1v) is 6.20. The fourth-order valence-electron chi connectivity index (χ4n) is 1.26. The maximum atomic E-state index is 11.6. The number of hydrogen-bond acceptors (Lipinski definition) is 5. The van der Waals surface area contributed by atoms with Gasteiger partial charge in [-0.1, -0.05) is 17.3 Å². The van der Waals surface area contributed by atoms with Crippen molar-refractivity contribution in [2.75, 3.05) is 7.11 Å². The minimum Gasteiger partial charge on any atom is -0.465 e. The molecule has 0 aliphatic rings. The molecule has 5 heteroatoms. The summed E-state index contributed by atoms with van der Waals surface area (Å²) in [5.41, 5.74) is 1.17. The summed E-state index contributed by atoms with van der Waals surface area (Å²) in [6.07, 6.45) is 0. The average Bonchev–Trinajstić information content (AvgIpc) is 2.42. The van der Waals surface area contributed by atoms with E-state index >= 15 is 0 Å². The number of carbonyl (C=O) groups excluding carboxylic acids is 2. The number of esters is 1. The van der Waals surface area contributed by atoms with Gasteiger partial charge in [0, 0.05) is 0 Å². The number of hydrogen-bond donors (Lipinski definition) is 0. The Morgan fingerprint density at radius 3 is 2.00 bits per heavy atom. The summed E-state index contributed by atoms with van der Waals surface area (Å²) in [6, 6.07) is 6.70. The van der Waals surface area contributed by atoms with Crippen LogP contribution < -0.4 is 0 Å². The minimum absolute atomic E-state index is 0.398. The van der Waals surface area contributed by atoms with E-state index in [-0.39, 0.29) is 0 Å². The number of oxime groups is 1. The molecule has 0 spiro atoms. The zero-order valence-corrected chi connectivity index (χ0v) is 12.4. The Bertz CT molecular complexity index is 524. The molecule has 0 aliphatic heterocycles. The first-order valence-electron chi connectivity index (χ1n) is 6.20. The van der Waals surface area contributed by atoms with E-state index in [1.807, 2.05) is 0 Å². The van der Waals surface area contributed by atoms with Crippen LogP contribution in [-0.2, 0) is 14.4 Å². The molecule has 0 unspecified atom stereocenters. The number of rotatable bonds is 3. The lowest BCUT2D eigenvalue weighted by molar-refractivity contribution is -0.152. The van der Waals surface area contributed by atoms with Crippen LogP contribution in [0.5, 0.6) is 0 Å². The SMILES string of the molecule is COC(=O)c1ccc(/C(C)=N/OC(=O)C(C)(C)C)cc1. The van der Waals surface area contributed by atoms with Crippen LogP contribution in [0.2, 0.25) is 0 Å². The van der Waals surface area contributed by atoms with Crippen molar-refractivity contribution < 1.29 is 19.2 Å². The number of nitrogens with zero attached hydrogens (tertiary/aromatic N) is 1.